The number of carboxylic acid groups (broad SMARTS) is 1. The van der Waals surface area contributed by atoms with Crippen molar-refractivity contribution in [2.45, 2.75) is 44.6 Å². The SMILES string of the molecule is C=Cc1cc(C(=O)NCC2CCCCC2)ccc1NCC(C)(O)C(=O)O. The maximum atomic E-state index is 12.4. The zero-order chi connectivity index (χ0) is 19.2. The number of carboxylic acids is 1. The molecule has 1 aromatic carbocycles. The third kappa shape index (κ3) is 5.33. The van der Waals surface area contributed by atoms with Crippen molar-refractivity contribution in [3.05, 3.63) is 35.9 Å². The highest BCUT2D eigenvalue weighted by molar-refractivity contribution is 5.95. The Balaban J connectivity index is 1.99. The predicted octanol–water partition coefficient (Wildman–Crippen LogP) is 2.89. The average Bonchev–Trinajstić information content (AvgIpc) is 2.65. The minimum absolute atomic E-state index is 0.122. The fourth-order valence-electron chi connectivity index (χ4n) is 3.11. The van der Waals surface area contributed by atoms with Crippen LogP contribution in [0.2, 0.25) is 0 Å². The largest absolute Gasteiger partial charge is 0.479 e. The van der Waals surface area contributed by atoms with Crippen molar-refractivity contribution in [1.82, 2.24) is 5.32 Å². The van der Waals surface area contributed by atoms with Crippen molar-refractivity contribution in [2.24, 2.45) is 5.92 Å². The second-order valence-electron chi connectivity index (χ2n) is 7.15. The first-order chi connectivity index (χ1) is 12.3. The fraction of sp³-hybridized carbons (Fsp3) is 0.500. The quantitative estimate of drug-likeness (QED) is 0.571. The molecular formula is C20H28N2O4. The van der Waals surface area contributed by atoms with Crippen molar-refractivity contribution in [1.29, 1.82) is 0 Å². The van der Waals surface area contributed by atoms with E-state index in [4.69, 9.17) is 5.11 Å². The number of anilines is 1. The number of aliphatic hydroxyl groups is 1. The predicted molar refractivity (Wildman–Crippen MR) is 102 cm³/mol. The molecule has 1 aliphatic carbocycles. The number of aliphatic carboxylic acids is 1. The van der Waals surface area contributed by atoms with Crippen LogP contribution in [0.25, 0.3) is 6.08 Å². The Hall–Kier alpha value is -2.34. The van der Waals surface area contributed by atoms with E-state index >= 15 is 0 Å². The van der Waals surface area contributed by atoms with E-state index in [-0.39, 0.29) is 12.5 Å². The molecule has 2 rings (SSSR count). The summed E-state index contributed by atoms with van der Waals surface area (Å²) in [5.74, 6) is -0.864. The molecule has 0 aliphatic heterocycles. The van der Waals surface area contributed by atoms with Crippen LogP contribution in [0.3, 0.4) is 0 Å². The number of carbonyl (C=O) groups excluding carboxylic acids is 1. The van der Waals surface area contributed by atoms with Crippen LogP contribution in [0.4, 0.5) is 5.69 Å². The molecule has 1 amide bonds. The Morgan fingerprint density at radius 1 is 1.31 bits per heavy atom. The first kappa shape index (κ1) is 20.0. The Morgan fingerprint density at radius 2 is 2.00 bits per heavy atom. The highest BCUT2D eigenvalue weighted by Gasteiger charge is 2.29. The molecular weight excluding hydrogens is 332 g/mol. The van der Waals surface area contributed by atoms with Gasteiger partial charge in [-0.25, -0.2) is 4.79 Å². The molecule has 0 radical (unpaired) electrons. The molecule has 1 saturated carbocycles. The van der Waals surface area contributed by atoms with Crippen molar-refractivity contribution >= 4 is 23.6 Å². The normalized spacial score (nSPS) is 17.2. The van der Waals surface area contributed by atoms with Gasteiger partial charge in [0.2, 0.25) is 0 Å². The number of nitrogens with one attached hydrogen (secondary N) is 2. The molecule has 26 heavy (non-hydrogen) atoms. The Labute approximate surface area is 154 Å². The molecule has 0 heterocycles. The summed E-state index contributed by atoms with van der Waals surface area (Å²) in [4.78, 5) is 23.4. The maximum absolute atomic E-state index is 12.4. The molecule has 142 valence electrons. The summed E-state index contributed by atoms with van der Waals surface area (Å²) in [6.45, 7) is 5.51. The second kappa shape index (κ2) is 8.85. The molecule has 0 bridgehead atoms. The van der Waals surface area contributed by atoms with Gasteiger partial charge in [-0.15, -0.1) is 0 Å². The maximum Gasteiger partial charge on any atom is 0.337 e. The third-order valence-electron chi connectivity index (χ3n) is 4.89. The first-order valence-electron chi connectivity index (χ1n) is 9.08. The summed E-state index contributed by atoms with van der Waals surface area (Å²) >= 11 is 0. The number of carbonyl (C=O) groups is 2. The highest BCUT2D eigenvalue weighted by Crippen LogP contribution is 2.23. The first-order valence-corrected chi connectivity index (χ1v) is 9.08. The van der Waals surface area contributed by atoms with E-state index in [9.17, 15) is 14.7 Å². The summed E-state index contributed by atoms with van der Waals surface area (Å²) in [6.07, 6.45) is 7.70. The van der Waals surface area contributed by atoms with E-state index in [2.05, 4.69) is 17.2 Å². The molecule has 1 aliphatic rings. The monoisotopic (exact) mass is 360 g/mol. The van der Waals surface area contributed by atoms with Crippen LogP contribution in [0.15, 0.2) is 24.8 Å². The summed E-state index contributed by atoms with van der Waals surface area (Å²) in [5, 5.41) is 24.7. The molecule has 1 unspecified atom stereocenters. The van der Waals surface area contributed by atoms with Crippen molar-refractivity contribution < 1.29 is 19.8 Å². The number of hydrogen-bond donors (Lipinski definition) is 4. The third-order valence-corrected chi connectivity index (χ3v) is 4.89. The summed E-state index contributed by atoms with van der Waals surface area (Å²) in [7, 11) is 0. The van der Waals surface area contributed by atoms with Crippen LogP contribution in [-0.2, 0) is 4.79 Å². The molecule has 4 N–H and O–H groups in total. The van der Waals surface area contributed by atoms with Gasteiger partial charge in [0, 0.05) is 17.8 Å². The van der Waals surface area contributed by atoms with Gasteiger partial charge in [0.05, 0.1) is 6.54 Å². The van der Waals surface area contributed by atoms with Crippen LogP contribution in [0.1, 0.15) is 54.9 Å². The van der Waals surface area contributed by atoms with E-state index in [0.29, 0.717) is 29.3 Å². The second-order valence-corrected chi connectivity index (χ2v) is 7.15. The lowest BCUT2D eigenvalue weighted by Crippen LogP contribution is -2.41. The molecule has 1 fully saturated rings. The van der Waals surface area contributed by atoms with Gasteiger partial charge in [0.15, 0.2) is 5.60 Å². The lowest BCUT2D eigenvalue weighted by Gasteiger charge is -2.22. The Morgan fingerprint density at radius 3 is 2.62 bits per heavy atom. The smallest absolute Gasteiger partial charge is 0.337 e. The van der Waals surface area contributed by atoms with E-state index in [1.807, 2.05) is 0 Å². The van der Waals surface area contributed by atoms with Gasteiger partial charge >= 0.3 is 5.97 Å². The topological polar surface area (TPSA) is 98.7 Å². The molecule has 1 atom stereocenters. The van der Waals surface area contributed by atoms with Crippen molar-refractivity contribution in [2.75, 3.05) is 18.4 Å². The van der Waals surface area contributed by atoms with Gasteiger partial charge in [0.1, 0.15) is 0 Å². The van der Waals surface area contributed by atoms with E-state index in [1.54, 1.807) is 24.3 Å². The van der Waals surface area contributed by atoms with Gasteiger partial charge in [-0.05, 0) is 49.4 Å². The summed E-state index contributed by atoms with van der Waals surface area (Å²) < 4.78 is 0. The van der Waals surface area contributed by atoms with Gasteiger partial charge in [-0.1, -0.05) is 31.9 Å². The van der Waals surface area contributed by atoms with Crippen LogP contribution >= 0.6 is 0 Å². The van der Waals surface area contributed by atoms with Crippen LogP contribution in [0, 0.1) is 5.92 Å². The van der Waals surface area contributed by atoms with Crippen LogP contribution in [-0.4, -0.2) is 40.8 Å². The van der Waals surface area contributed by atoms with Gasteiger partial charge in [-0.2, -0.15) is 0 Å². The summed E-state index contributed by atoms with van der Waals surface area (Å²) in [5.41, 5.74) is -0.0535. The van der Waals surface area contributed by atoms with E-state index in [0.717, 1.165) is 0 Å². The van der Waals surface area contributed by atoms with Crippen molar-refractivity contribution in [3.63, 3.8) is 0 Å². The molecule has 0 aromatic heterocycles. The van der Waals surface area contributed by atoms with Crippen LogP contribution < -0.4 is 10.6 Å². The fourth-order valence-corrected chi connectivity index (χ4v) is 3.11. The van der Waals surface area contributed by atoms with Gasteiger partial charge < -0.3 is 20.8 Å². The van der Waals surface area contributed by atoms with E-state index in [1.165, 1.54) is 39.0 Å². The standard InChI is InChI=1S/C20H28N2O4/c1-3-15-11-16(18(23)21-12-14-7-5-4-6-8-14)9-10-17(15)22-13-20(2,26)19(24)25/h3,9-11,14,22,26H,1,4-8,12-13H2,2H3,(H,21,23)(H,24,25). The summed E-state index contributed by atoms with van der Waals surface area (Å²) in [6, 6.07) is 5.09. The number of rotatable bonds is 8. The van der Waals surface area contributed by atoms with Crippen molar-refractivity contribution in [3.8, 4) is 0 Å². The molecule has 6 heteroatoms. The number of amides is 1. The molecule has 1 aromatic rings. The van der Waals surface area contributed by atoms with Crippen LogP contribution in [0.5, 0.6) is 0 Å². The lowest BCUT2D eigenvalue weighted by atomic mass is 9.89. The zero-order valence-electron chi connectivity index (χ0n) is 15.3. The minimum Gasteiger partial charge on any atom is -0.479 e. The number of hydrogen-bond acceptors (Lipinski definition) is 4. The minimum atomic E-state index is -1.88. The zero-order valence-corrected chi connectivity index (χ0v) is 15.3. The Bertz CT molecular complexity index is 664. The molecule has 6 nitrogen and oxygen atoms in total. The molecule has 0 saturated heterocycles. The number of benzene rings is 1. The lowest BCUT2D eigenvalue weighted by molar-refractivity contribution is -0.155. The van der Waals surface area contributed by atoms with E-state index < -0.39 is 11.6 Å². The Kier molecular flexibility index (Phi) is 6.80. The van der Waals surface area contributed by atoms with Gasteiger partial charge in [-0.3, -0.25) is 4.79 Å². The highest BCUT2D eigenvalue weighted by atomic mass is 16.4. The van der Waals surface area contributed by atoms with Gasteiger partial charge in [0.25, 0.3) is 5.91 Å². The average molecular weight is 360 g/mol. The molecule has 0 spiro atoms.